The molecule has 1 amide bonds. The third-order valence-electron chi connectivity index (χ3n) is 4.29. The highest BCUT2D eigenvalue weighted by molar-refractivity contribution is 5.91. The maximum atomic E-state index is 12.5. The molecule has 8 nitrogen and oxygen atoms in total. The van der Waals surface area contributed by atoms with Gasteiger partial charge in [-0.25, -0.2) is 14.6 Å². The molecule has 1 N–H and O–H groups in total. The topological polar surface area (TPSA) is 94.8 Å². The molecule has 0 saturated heterocycles. The Morgan fingerprint density at radius 3 is 2.89 bits per heavy atom. The third kappa shape index (κ3) is 3.90. The summed E-state index contributed by atoms with van der Waals surface area (Å²) in [6.45, 7) is 3.88. The smallest absolute Gasteiger partial charge is 0.230 e. The Balaban J connectivity index is 1.63. The molecule has 1 atom stereocenters. The lowest BCUT2D eigenvalue weighted by Gasteiger charge is -2.14. The molecule has 0 fully saturated rings. The van der Waals surface area contributed by atoms with Gasteiger partial charge in [-0.05, 0) is 37.6 Å². The molecular weight excluding hydrogens is 356 g/mol. The minimum absolute atomic E-state index is 0.178. The summed E-state index contributed by atoms with van der Waals surface area (Å²) >= 11 is 0. The minimum Gasteiger partial charge on any atom is -0.490 e. The number of aryl methyl sites for hydroxylation is 2. The van der Waals surface area contributed by atoms with Crippen molar-refractivity contribution in [1.29, 1.82) is 0 Å². The summed E-state index contributed by atoms with van der Waals surface area (Å²) in [5, 5.41) is 7.34. The maximum Gasteiger partial charge on any atom is 0.230 e. The number of rotatable bonds is 5. The van der Waals surface area contributed by atoms with Crippen molar-refractivity contribution in [2.45, 2.75) is 32.8 Å². The number of carbonyl (C=O) groups excluding carboxylic acids is 1. The first-order valence-corrected chi connectivity index (χ1v) is 9.00. The average molecular weight is 376 g/mol. The van der Waals surface area contributed by atoms with Gasteiger partial charge in [0, 0.05) is 30.6 Å². The molecule has 0 saturated carbocycles. The molecule has 0 spiro atoms. The molecule has 1 aliphatic rings. The van der Waals surface area contributed by atoms with E-state index in [0.29, 0.717) is 23.9 Å². The highest BCUT2D eigenvalue weighted by atomic mass is 16.5. The van der Waals surface area contributed by atoms with Crippen molar-refractivity contribution >= 4 is 11.7 Å². The van der Waals surface area contributed by atoms with Crippen molar-refractivity contribution in [3.05, 3.63) is 71.8 Å². The quantitative estimate of drug-likeness (QED) is 0.736. The summed E-state index contributed by atoms with van der Waals surface area (Å²) in [6, 6.07) is 7.34. The number of hydrogen-bond acceptors (Lipinski definition) is 6. The number of nitrogens with zero attached hydrogens (tertiary/aromatic N) is 5. The molecule has 0 aliphatic carbocycles. The zero-order valence-electron chi connectivity index (χ0n) is 15.7. The summed E-state index contributed by atoms with van der Waals surface area (Å²) in [6.07, 6.45) is 7.53. The second-order valence-electron chi connectivity index (χ2n) is 6.63. The number of anilines is 1. The lowest BCUT2D eigenvalue weighted by molar-refractivity contribution is -0.115. The minimum atomic E-state index is -0.272. The Morgan fingerprint density at radius 2 is 2.21 bits per heavy atom. The van der Waals surface area contributed by atoms with Crippen molar-refractivity contribution < 1.29 is 9.53 Å². The molecule has 8 heteroatoms. The Kier molecular flexibility index (Phi) is 4.84. The van der Waals surface area contributed by atoms with E-state index in [1.807, 2.05) is 32.1 Å². The summed E-state index contributed by atoms with van der Waals surface area (Å²) < 4.78 is 7.30. The van der Waals surface area contributed by atoms with Gasteiger partial charge in [0.2, 0.25) is 5.91 Å². The fraction of sp³-hybridized carbons (Fsp3) is 0.250. The standard InChI is InChI=1S/C20H20N6O2/c1-13-9-14(2)26(25-13)18-11-17(23-20(24-18)16-6-4-8-28-16)22-19(27)10-15-5-3-7-21-12-15/h3-5,7-9,11-12,16H,6,10H2,1-2H3,(H,22,23,24,27). The van der Waals surface area contributed by atoms with Crippen molar-refractivity contribution in [2.24, 2.45) is 0 Å². The molecule has 1 unspecified atom stereocenters. The van der Waals surface area contributed by atoms with Crippen LogP contribution in [0.15, 0.2) is 49.0 Å². The summed E-state index contributed by atoms with van der Waals surface area (Å²) in [7, 11) is 0. The zero-order valence-corrected chi connectivity index (χ0v) is 15.7. The van der Waals surface area contributed by atoms with Gasteiger partial charge >= 0.3 is 0 Å². The van der Waals surface area contributed by atoms with Crippen LogP contribution in [0.5, 0.6) is 0 Å². The summed E-state index contributed by atoms with van der Waals surface area (Å²) in [4.78, 5) is 25.6. The zero-order chi connectivity index (χ0) is 19.5. The van der Waals surface area contributed by atoms with Gasteiger partial charge in [0.25, 0.3) is 0 Å². The Bertz CT molecular complexity index is 1020. The van der Waals surface area contributed by atoms with Crippen molar-refractivity contribution in [3.8, 4) is 5.82 Å². The second kappa shape index (κ2) is 7.59. The van der Waals surface area contributed by atoms with Gasteiger partial charge < -0.3 is 10.1 Å². The van der Waals surface area contributed by atoms with Crippen molar-refractivity contribution in [1.82, 2.24) is 24.7 Å². The van der Waals surface area contributed by atoms with Gasteiger partial charge in [0.1, 0.15) is 5.82 Å². The van der Waals surface area contributed by atoms with Crippen molar-refractivity contribution in [3.63, 3.8) is 0 Å². The van der Waals surface area contributed by atoms with E-state index in [9.17, 15) is 4.79 Å². The SMILES string of the molecule is Cc1cc(C)n(-c2cc(NC(=O)Cc3cccnc3)nc(C3CC=CO3)n2)n1. The van der Waals surface area contributed by atoms with E-state index in [-0.39, 0.29) is 18.4 Å². The number of amides is 1. The predicted octanol–water partition coefficient (Wildman–Crippen LogP) is 2.83. The van der Waals surface area contributed by atoms with Crippen LogP contribution >= 0.6 is 0 Å². The van der Waals surface area contributed by atoms with Crippen LogP contribution in [0.1, 0.15) is 35.3 Å². The number of ether oxygens (including phenoxy) is 1. The van der Waals surface area contributed by atoms with Crippen LogP contribution < -0.4 is 5.32 Å². The van der Waals surface area contributed by atoms with Crippen LogP contribution in [-0.2, 0) is 16.0 Å². The van der Waals surface area contributed by atoms with Gasteiger partial charge in [0.05, 0.1) is 18.4 Å². The van der Waals surface area contributed by atoms with E-state index in [0.717, 1.165) is 17.0 Å². The lowest BCUT2D eigenvalue weighted by Crippen LogP contribution is -2.18. The summed E-state index contributed by atoms with van der Waals surface area (Å²) in [5.74, 6) is 1.33. The van der Waals surface area contributed by atoms with Gasteiger partial charge in [-0.1, -0.05) is 6.07 Å². The predicted molar refractivity (Wildman–Crippen MR) is 103 cm³/mol. The lowest BCUT2D eigenvalue weighted by atomic mass is 10.2. The van der Waals surface area contributed by atoms with E-state index in [4.69, 9.17) is 4.74 Å². The number of aromatic nitrogens is 5. The largest absolute Gasteiger partial charge is 0.490 e. The van der Waals surface area contributed by atoms with E-state index in [2.05, 4.69) is 25.4 Å². The maximum absolute atomic E-state index is 12.5. The first kappa shape index (κ1) is 17.8. The number of hydrogen-bond donors (Lipinski definition) is 1. The fourth-order valence-corrected chi connectivity index (χ4v) is 3.06. The molecule has 3 aromatic heterocycles. The second-order valence-corrected chi connectivity index (χ2v) is 6.63. The van der Waals surface area contributed by atoms with Crippen LogP contribution in [0.3, 0.4) is 0 Å². The molecule has 4 heterocycles. The molecular formula is C20H20N6O2. The molecule has 4 rings (SSSR count). The van der Waals surface area contributed by atoms with Crippen LogP contribution in [-0.4, -0.2) is 30.6 Å². The third-order valence-corrected chi connectivity index (χ3v) is 4.29. The molecule has 3 aromatic rings. The van der Waals surface area contributed by atoms with Crippen LogP contribution in [0.4, 0.5) is 5.82 Å². The molecule has 28 heavy (non-hydrogen) atoms. The highest BCUT2D eigenvalue weighted by Crippen LogP contribution is 2.26. The monoisotopic (exact) mass is 376 g/mol. The Morgan fingerprint density at radius 1 is 1.32 bits per heavy atom. The Hall–Kier alpha value is -3.55. The van der Waals surface area contributed by atoms with E-state index >= 15 is 0 Å². The van der Waals surface area contributed by atoms with E-state index in [1.165, 1.54) is 0 Å². The van der Waals surface area contributed by atoms with Crippen LogP contribution in [0.2, 0.25) is 0 Å². The average Bonchev–Trinajstić information content (AvgIpc) is 3.32. The van der Waals surface area contributed by atoms with Gasteiger partial charge in [-0.2, -0.15) is 5.10 Å². The molecule has 1 aliphatic heterocycles. The van der Waals surface area contributed by atoms with Gasteiger partial charge in [-0.3, -0.25) is 9.78 Å². The number of pyridine rings is 1. The highest BCUT2D eigenvalue weighted by Gasteiger charge is 2.21. The van der Waals surface area contributed by atoms with Gasteiger partial charge in [0.15, 0.2) is 17.7 Å². The summed E-state index contributed by atoms with van der Waals surface area (Å²) in [5.41, 5.74) is 2.66. The number of carbonyl (C=O) groups is 1. The molecule has 0 aromatic carbocycles. The van der Waals surface area contributed by atoms with Crippen molar-refractivity contribution in [2.75, 3.05) is 5.32 Å². The first-order chi connectivity index (χ1) is 13.6. The van der Waals surface area contributed by atoms with Crippen LogP contribution in [0.25, 0.3) is 5.82 Å². The Labute approximate surface area is 162 Å². The van der Waals surface area contributed by atoms with Gasteiger partial charge in [-0.15, -0.1) is 0 Å². The van der Waals surface area contributed by atoms with E-state index < -0.39 is 0 Å². The normalized spacial score (nSPS) is 15.4. The molecule has 142 valence electrons. The van der Waals surface area contributed by atoms with E-state index in [1.54, 1.807) is 35.5 Å². The first-order valence-electron chi connectivity index (χ1n) is 9.00. The fourth-order valence-electron chi connectivity index (χ4n) is 3.06. The molecule has 0 bridgehead atoms. The number of nitrogens with one attached hydrogen (secondary N) is 1. The van der Waals surface area contributed by atoms with Crippen LogP contribution in [0, 0.1) is 13.8 Å². The molecule has 0 radical (unpaired) electrons.